The van der Waals surface area contributed by atoms with Crippen LogP contribution in [0.15, 0.2) is 0 Å². The molecule has 0 aromatic carbocycles. The third-order valence-corrected chi connectivity index (χ3v) is 1.34. The van der Waals surface area contributed by atoms with Gasteiger partial charge in [-0.1, -0.05) is 0 Å². The molecule has 0 amide bonds. The Morgan fingerprint density at radius 1 is 1.57 bits per heavy atom. The van der Waals surface area contributed by atoms with Crippen LogP contribution >= 0.6 is 0 Å². The van der Waals surface area contributed by atoms with Crippen molar-refractivity contribution in [1.29, 1.82) is 0 Å². The van der Waals surface area contributed by atoms with Crippen molar-refractivity contribution in [2.24, 2.45) is 0 Å². The van der Waals surface area contributed by atoms with Crippen molar-refractivity contribution in [3.8, 4) is 0 Å². The zero-order chi connectivity index (χ0) is 5.21. The fourth-order valence-corrected chi connectivity index (χ4v) is 0. The molecule has 0 bridgehead atoms. The second-order valence-corrected chi connectivity index (χ2v) is 2.81. The van der Waals surface area contributed by atoms with Gasteiger partial charge in [-0.25, -0.2) is 8.42 Å². The van der Waals surface area contributed by atoms with E-state index in [0.29, 0.717) is 0 Å². The predicted molar refractivity (Wildman–Crippen MR) is 23.8 cm³/mol. The number of hydrogen-bond acceptors (Lipinski definition) is 3. The summed E-state index contributed by atoms with van der Waals surface area (Å²) in [5, 5.41) is -0.618. The van der Waals surface area contributed by atoms with Crippen LogP contribution in [0.1, 0.15) is 0 Å². The molecule has 0 aromatic heterocycles. The minimum atomic E-state index is -3.85. The van der Waals surface area contributed by atoms with Crippen molar-refractivity contribution in [2.45, 2.75) is 0 Å². The Morgan fingerprint density at radius 2 is 1.71 bits per heavy atom. The van der Waals surface area contributed by atoms with E-state index in [0.717, 1.165) is 0 Å². The fourth-order valence-electron chi connectivity index (χ4n) is 0. The van der Waals surface area contributed by atoms with Gasteiger partial charge in [-0.05, 0) is 5.08 Å². The largest absolute Gasteiger partial charge is 1.00 e. The van der Waals surface area contributed by atoms with Crippen LogP contribution in [0.2, 0.25) is 0 Å². The predicted octanol–water partition coefficient (Wildman–Crippen LogP) is -3.62. The maximum Gasteiger partial charge on any atom is 1.00 e. The zero-order valence-corrected chi connectivity index (χ0v) is 8.54. The van der Waals surface area contributed by atoms with Crippen molar-refractivity contribution in [2.75, 3.05) is 5.08 Å². The fraction of sp³-hybridized carbons (Fsp3) is 1.00. The summed E-state index contributed by atoms with van der Waals surface area (Å²) in [5.74, 6) is 0. The van der Waals surface area contributed by atoms with Gasteiger partial charge in [0.15, 0.2) is 0 Å². The van der Waals surface area contributed by atoms with E-state index < -0.39 is 15.2 Å². The molecule has 3 nitrogen and oxygen atoms in total. The van der Waals surface area contributed by atoms with Crippen molar-refractivity contribution in [1.82, 2.24) is 0 Å². The molecule has 0 heterocycles. The molecule has 0 rings (SSSR count). The Kier molecular flexibility index (Phi) is 7.91. The second-order valence-electron chi connectivity index (χ2n) is 0.700. The smallest absolute Gasteiger partial charge is 0.775 e. The molecule has 7 heavy (non-hydrogen) atoms. The Morgan fingerprint density at radius 3 is 1.71 bits per heavy atom. The van der Waals surface area contributed by atoms with E-state index >= 15 is 0 Å². The molecule has 0 aliphatic heterocycles. The second kappa shape index (κ2) is 4.75. The standard InChI is InChI=1S/CH4O3S2.K/c2-6(3,4)1-5;/h5H,1H2,(H,2,3,4);/q;+1/p-1. The maximum atomic E-state index is 9.45. The molecule has 0 aliphatic carbocycles. The maximum absolute atomic E-state index is 9.45. The third-order valence-electron chi connectivity index (χ3n) is 0.149. The Hall–Kier alpha value is 1.90. The first-order valence-corrected chi connectivity index (χ1v) is 3.28. The topological polar surface area (TPSA) is 54.4 Å². The van der Waals surface area contributed by atoms with Gasteiger partial charge in [0.2, 0.25) is 10.1 Å². The minimum absolute atomic E-state index is 0. The molecule has 1 N–H and O–H groups in total. The van der Waals surface area contributed by atoms with Gasteiger partial charge < -0.3 is 12.6 Å². The molecule has 0 radical (unpaired) electrons. The number of rotatable bonds is 1. The van der Waals surface area contributed by atoms with Crippen molar-refractivity contribution in [3.05, 3.63) is 0 Å². The zero-order valence-electron chi connectivity index (χ0n) is 3.79. The molecule has 0 unspecified atom stereocenters. The van der Waals surface area contributed by atoms with E-state index in [1.807, 2.05) is 0 Å². The van der Waals surface area contributed by atoms with Gasteiger partial charge in [0.25, 0.3) is 0 Å². The van der Waals surface area contributed by atoms with Crippen LogP contribution in [0.5, 0.6) is 0 Å². The molecule has 0 atom stereocenters. The molecular formula is CH3KO3S2. The van der Waals surface area contributed by atoms with E-state index in [1.54, 1.807) is 0 Å². The van der Waals surface area contributed by atoms with Crippen LogP contribution < -0.4 is 51.4 Å². The summed E-state index contributed by atoms with van der Waals surface area (Å²) in [6, 6.07) is 0. The van der Waals surface area contributed by atoms with Crippen LogP contribution in [0.25, 0.3) is 0 Å². The first kappa shape index (κ1) is 11.7. The van der Waals surface area contributed by atoms with Gasteiger partial charge in [0.05, 0.1) is 0 Å². The Balaban J connectivity index is 0. The van der Waals surface area contributed by atoms with Crippen LogP contribution in [0.3, 0.4) is 0 Å². The molecule has 0 saturated carbocycles. The molecule has 6 heteroatoms. The Bertz CT molecular complexity index is 115. The van der Waals surface area contributed by atoms with E-state index in [-0.39, 0.29) is 51.4 Å². The quantitative estimate of drug-likeness (QED) is 0.248. The summed E-state index contributed by atoms with van der Waals surface area (Å²) in [6.07, 6.45) is 0. The molecule has 38 valence electrons. The van der Waals surface area contributed by atoms with Gasteiger partial charge in [-0.15, -0.1) is 0 Å². The summed E-state index contributed by atoms with van der Waals surface area (Å²) in [6.45, 7) is 0. The first-order valence-electron chi connectivity index (χ1n) is 1.09. The van der Waals surface area contributed by atoms with Crippen LogP contribution in [-0.4, -0.2) is 18.1 Å². The summed E-state index contributed by atoms with van der Waals surface area (Å²) in [4.78, 5) is 0. The minimum Gasteiger partial charge on any atom is -0.775 e. The van der Waals surface area contributed by atoms with Gasteiger partial charge in [0.1, 0.15) is 0 Å². The molecular weight excluding hydrogens is 163 g/mol. The summed E-state index contributed by atoms with van der Waals surface area (Å²) in [5.41, 5.74) is 0. The van der Waals surface area contributed by atoms with Crippen molar-refractivity contribution >= 4 is 22.7 Å². The molecule has 0 saturated heterocycles. The van der Waals surface area contributed by atoms with E-state index in [4.69, 9.17) is 4.55 Å². The van der Waals surface area contributed by atoms with E-state index in [9.17, 15) is 8.42 Å². The summed E-state index contributed by atoms with van der Waals surface area (Å²) >= 11 is 3.95. The molecule has 0 fully saturated rings. The van der Waals surface area contributed by atoms with Gasteiger partial charge in [-0.3, -0.25) is 4.55 Å². The van der Waals surface area contributed by atoms with Gasteiger partial charge in [-0.2, -0.15) is 0 Å². The summed E-state index contributed by atoms with van der Waals surface area (Å²) in [7, 11) is -3.85. The van der Waals surface area contributed by atoms with E-state index in [2.05, 4.69) is 12.6 Å². The van der Waals surface area contributed by atoms with Crippen LogP contribution in [0, 0.1) is 0 Å². The molecule has 0 aromatic rings. The summed E-state index contributed by atoms with van der Waals surface area (Å²) < 4.78 is 26.6. The normalized spacial score (nSPS) is 10.0. The van der Waals surface area contributed by atoms with Crippen molar-refractivity contribution in [3.63, 3.8) is 0 Å². The average molecular weight is 166 g/mol. The average Bonchev–Trinajstić information content (AvgIpc) is 1.35. The van der Waals surface area contributed by atoms with Gasteiger partial charge >= 0.3 is 51.4 Å². The monoisotopic (exact) mass is 166 g/mol. The van der Waals surface area contributed by atoms with Crippen LogP contribution in [0.4, 0.5) is 0 Å². The Labute approximate surface area is 90.4 Å². The first-order chi connectivity index (χ1) is 2.56. The molecule has 0 spiro atoms. The van der Waals surface area contributed by atoms with E-state index in [1.165, 1.54) is 0 Å². The van der Waals surface area contributed by atoms with Crippen molar-refractivity contribution < 1.29 is 64.4 Å². The molecule has 0 aliphatic rings. The third kappa shape index (κ3) is 11.5. The van der Waals surface area contributed by atoms with Gasteiger partial charge in [0, 0.05) is 0 Å². The number of hydrogen-bond donors (Lipinski definition) is 1. The SMILES string of the molecule is O=S(=O)(O)C[S-].[K+]. The van der Waals surface area contributed by atoms with Crippen LogP contribution in [-0.2, 0) is 22.7 Å².